The van der Waals surface area contributed by atoms with Crippen molar-refractivity contribution in [2.24, 2.45) is 11.7 Å². The Morgan fingerprint density at radius 1 is 1.42 bits per heavy atom. The van der Waals surface area contributed by atoms with Crippen LogP contribution in [0.1, 0.15) is 31.2 Å². The fourth-order valence-electron chi connectivity index (χ4n) is 2.45. The summed E-state index contributed by atoms with van der Waals surface area (Å²) in [5.41, 5.74) is 6.56. The van der Waals surface area contributed by atoms with E-state index in [4.69, 9.17) is 5.73 Å². The smallest absolute Gasteiger partial charge is 0.223 e. The van der Waals surface area contributed by atoms with E-state index in [1.54, 1.807) is 12.4 Å². The van der Waals surface area contributed by atoms with Gasteiger partial charge in [0.15, 0.2) is 0 Å². The van der Waals surface area contributed by atoms with Gasteiger partial charge in [0, 0.05) is 30.4 Å². The zero-order valence-corrected chi connectivity index (χ0v) is 11.0. The topological polar surface area (TPSA) is 88.2 Å². The molecule has 0 spiro atoms. The molecule has 1 aliphatic carbocycles. The number of amides is 1. The van der Waals surface area contributed by atoms with Gasteiger partial charge >= 0.3 is 0 Å². The number of nitrogens with one attached hydrogen (secondary N) is 1. The third-order valence-corrected chi connectivity index (χ3v) is 3.88. The Morgan fingerprint density at radius 3 is 2.63 bits per heavy atom. The molecule has 104 valence electrons. The number of hydrogen-bond donors (Lipinski definition) is 3. The summed E-state index contributed by atoms with van der Waals surface area (Å²) >= 11 is 0. The molecule has 0 atom stereocenters. The molecule has 0 unspecified atom stereocenters. The standard InChI is InChI=1S/C14H21N3O2/c15-14(10-18)5-1-12(2-6-14)13(19)17-9-11-3-7-16-8-4-11/h3-4,7-8,12,18H,1-2,5-6,9-10,15H2,(H,17,19). The summed E-state index contributed by atoms with van der Waals surface area (Å²) in [6.45, 7) is 0.532. The van der Waals surface area contributed by atoms with Gasteiger partial charge in [0.2, 0.25) is 5.91 Å². The van der Waals surface area contributed by atoms with Gasteiger partial charge in [-0.15, -0.1) is 0 Å². The first-order valence-corrected chi connectivity index (χ1v) is 6.69. The van der Waals surface area contributed by atoms with Crippen LogP contribution in [0.4, 0.5) is 0 Å². The molecule has 5 nitrogen and oxygen atoms in total. The van der Waals surface area contributed by atoms with Crippen molar-refractivity contribution >= 4 is 5.91 Å². The van der Waals surface area contributed by atoms with Gasteiger partial charge in [-0.05, 0) is 43.4 Å². The second-order valence-electron chi connectivity index (χ2n) is 5.37. The predicted octanol–water partition coefficient (Wildman–Crippen LogP) is 0.578. The van der Waals surface area contributed by atoms with Crippen molar-refractivity contribution < 1.29 is 9.90 Å². The Kier molecular flexibility index (Phi) is 4.50. The molecule has 0 saturated heterocycles. The summed E-state index contributed by atoms with van der Waals surface area (Å²) < 4.78 is 0. The minimum absolute atomic E-state index is 0.00163. The van der Waals surface area contributed by atoms with E-state index in [0.29, 0.717) is 19.4 Å². The fourth-order valence-corrected chi connectivity index (χ4v) is 2.45. The Hall–Kier alpha value is -1.46. The van der Waals surface area contributed by atoms with Crippen molar-refractivity contribution in [3.05, 3.63) is 30.1 Å². The summed E-state index contributed by atoms with van der Waals surface area (Å²) in [6.07, 6.45) is 6.34. The van der Waals surface area contributed by atoms with Crippen molar-refractivity contribution in [2.45, 2.75) is 37.8 Å². The van der Waals surface area contributed by atoms with Gasteiger partial charge in [-0.25, -0.2) is 0 Å². The average Bonchev–Trinajstić information content (AvgIpc) is 2.47. The zero-order chi connectivity index (χ0) is 13.7. The number of hydrogen-bond acceptors (Lipinski definition) is 4. The number of rotatable bonds is 4. The minimum Gasteiger partial charge on any atom is -0.394 e. The summed E-state index contributed by atoms with van der Waals surface area (Å²) in [7, 11) is 0. The van der Waals surface area contributed by atoms with Crippen LogP contribution in [-0.4, -0.2) is 28.1 Å². The van der Waals surface area contributed by atoms with E-state index in [-0.39, 0.29) is 18.4 Å². The SMILES string of the molecule is NC1(CO)CCC(C(=O)NCc2ccncc2)CC1. The Bertz CT molecular complexity index is 414. The van der Waals surface area contributed by atoms with Gasteiger partial charge in [-0.1, -0.05) is 0 Å². The van der Waals surface area contributed by atoms with Crippen LogP contribution in [0.2, 0.25) is 0 Å². The van der Waals surface area contributed by atoms with E-state index in [0.717, 1.165) is 18.4 Å². The van der Waals surface area contributed by atoms with Crippen LogP contribution < -0.4 is 11.1 Å². The van der Waals surface area contributed by atoms with Crippen LogP contribution in [0.25, 0.3) is 0 Å². The van der Waals surface area contributed by atoms with Crippen molar-refractivity contribution in [1.82, 2.24) is 10.3 Å². The van der Waals surface area contributed by atoms with Gasteiger partial charge in [-0.3, -0.25) is 9.78 Å². The molecule has 0 bridgehead atoms. The molecule has 1 aliphatic rings. The number of aromatic nitrogens is 1. The lowest BCUT2D eigenvalue weighted by atomic mass is 9.77. The first kappa shape index (κ1) is 14.0. The molecule has 1 fully saturated rings. The van der Waals surface area contributed by atoms with E-state index in [9.17, 15) is 9.90 Å². The monoisotopic (exact) mass is 263 g/mol. The molecule has 1 amide bonds. The number of pyridine rings is 1. The first-order valence-electron chi connectivity index (χ1n) is 6.69. The molecule has 1 aromatic rings. The second kappa shape index (κ2) is 6.12. The molecule has 19 heavy (non-hydrogen) atoms. The van der Waals surface area contributed by atoms with E-state index >= 15 is 0 Å². The first-order chi connectivity index (χ1) is 9.13. The summed E-state index contributed by atoms with van der Waals surface area (Å²) in [6, 6.07) is 3.77. The third kappa shape index (κ3) is 3.75. The fraction of sp³-hybridized carbons (Fsp3) is 0.571. The summed E-state index contributed by atoms with van der Waals surface area (Å²) in [5.74, 6) is 0.0989. The second-order valence-corrected chi connectivity index (χ2v) is 5.37. The van der Waals surface area contributed by atoms with Crippen LogP contribution in [0.5, 0.6) is 0 Å². The maximum absolute atomic E-state index is 12.0. The molecule has 5 heteroatoms. The quantitative estimate of drug-likeness (QED) is 0.741. The van der Waals surface area contributed by atoms with Crippen molar-refractivity contribution in [3.63, 3.8) is 0 Å². The maximum atomic E-state index is 12.0. The third-order valence-electron chi connectivity index (χ3n) is 3.88. The van der Waals surface area contributed by atoms with Crippen LogP contribution in [-0.2, 0) is 11.3 Å². The van der Waals surface area contributed by atoms with E-state index in [1.807, 2.05) is 12.1 Å². The van der Waals surface area contributed by atoms with Gasteiger partial charge in [0.1, 0.15) is 0 Å². The lowest BCUT2D eigenvalue weighted by molar-refractivity contribution is -0.126. The Morgan fingerprint density at radius 2 is 2.05 bits per heavy atom. The molecule has 4 N–H and O–H groups in total. The lowest BCUT2D eigenvalue weighted by Crippen LogP contribution is -2.48. The largest absolute Gasteiger partial charge is 0.394 e. The van der Waals surface area contributed by atoms with E-state index in [1.165, 1.54) is 0 Å². The van der Waals surface area contributed by atoms with Crippen LogP contribution in [0.15, 0.2) is 24.5 Å². The Balaban J connectivity index is 1.79. The zero-order valence-electron chi connectivity index (χ0n) is 11.0. The van der Waals surface area contributed by atoms with Gasteiger partial charge in [0.05, 0.1) is 6.61 Å². The van der Waals surface area contributed by atoms with Crippen molar-refractivity contribution in [3.8, 4) is 0 Å². The highest BCUT2D eigenvalue weighted by Crippen LogP contribution is 2.30. The van der Waals surface area contributed by atoms with E-state index in [2.05, 4.69) is 10.3 Å². The molecule has 0 aliphatic heterocycles. The molecule has 1 heterocycles. The number of carbonyl (C=O) groups is 1. The van der Waals surface area contributed by atoms with Gasteiger partial charge in [0.25, 0.3) is 0 Å². The number of nitrogens with two attached hydrogens (primary N) is 1. The number of nitrogens with zero attached hydrogens (tertiary/aromatic N) is 1. The molecular formula is C14H21N3O2. The minimum atomic E-state index is -0.484. The van der Waals surface area contributed by atoms with Gasteiger partial charge < -0.3 is 16.2 Å². The average molecular weight is 263 g/mol. The molecule has 1 aromatic heterocycles. The summed E-state index contributed by atoms with van der Waals surface area (Å²) in [5, 5.41) is 12.1. The highest BCUT2D eigenvalue weighted by atomic mass is 16.3. The molecule has 1 saturated carbocycles. The Labute approximate surface area is 113 Å². The lowest BCUT2D eigenvalue weighted by Gasteiger charge is -2.35. The highest BCUT2D eigenvalue weighted by Gasteiger charge is 2.33. The molecule has 0 radical (unpaired) electrons. The molecule has 2 rings (SSSR count). The maximum Gasteiger partial charge on any atom is 0.223 e. The van der Waals surface area contributed by atoms with Gasteiger partial charge in [-0.2, -0.15) is 0 Å². The van der Waals surface area contributed by atoms with Crippen molar-refractivity contribution in [1.29, 1.82) is 0 Å². The number of aliphatic hydroxyl groups excluding tert-OH is 1. The molecular weight excluding hydrogens is 242 g/mol. The predicted molar refractivity (Wildman–Crippen MR) is 72.0 cm³/mol. The molecule has 0 aromatic carbocycles. The number of carbonyl (C=O) groups excluding carboxylic acids is 1. The normalized spacial score (nSPS) is 26.9. The summed E-state index contributed by atoms with van der Waals surface area (Å²) in [4.78, 5) is 16.0. The van der Waals surface area contributed by atoms with Crippen LogP contribution >= 0.6 is 0 Å². The van der Waals surface area contributed by atoms with Crippen molar-refractivity contribution in [2.75, 3.05) is 6.61 Å². The number of aliphatic hydroxyl groups is 1. The van der Waals surface area contributed by atoms with E-state index < -0.39 is 5.54 Å². The highest BCUT2D eigenvalue weighted by molar-refractivity contribution is 5.78. The van der Waals surface area contributed by atoms with Crippen LogP contribution in [0.3, 0.4) is 0 Å². The van der Waals surface area contributed by atoms with Crippen LogP contribution in [0, 0.1) is 5.92 Å².